The number of aromatic nitrogens is 3. The predicted molar refractivity (Wildman–Crippen MR) is 248 cm³/mol. The molecule has 0 fully saturated rings. The van der Waals surface area contributed by atoms with Crippen molar-refractivity contribution in [3.05, 3.63) is 212 Å². The Bertz CT molecular complexity index is 3600. The van der Waals surface area contributed by atoms with E-state index in [1.807, 2.05) is 0 Å². The first-order valence-electron chi connectivity index (χ1n) is 20.1. The van der Waals surface area contributed by atoms with E-state index < -0.39 is 0 Å². The van der Waals surface area contributed by atoms with E-state index in [0.29, 0.717) is 5.82 Å². The van der Waals surface area contributed by atoms with Crippen LogP contribution in [0.4, 0.5) is 0 Å². The molecule has 0 aliphatic carbocycles. The lowest BCUT2D eigenvalue weighted by atomic mass is 9.96. The van der Waals surface area contributed by atoms with Crippen LogP contribution in [-0.4, -0.2) is 14.5 Å². The molecule has 0 N–H and O–H groups in total. The third kappa shape index (κ3) is 5.51. The van der Waals surface area contributed by atoms with Gasteiger partial charge in [-0.3, -0.25) is 0 Å². The van der Waals surface area contributed by atoms with E-state index in [1.165, 1.54) is 65.3 Å². The molecule has 0 saturated carbocycles. The molecule has 0 atom stereocenters. The summed E-state index contributed by atoms with van der Waals surface area (Å²) in [5, 5.41) is 10.9. The number of hydrogen-bond donors (Lipinski definition) is 0. The van der Waals surface area contributed by atoms with Crippen molar-refractivity contribution in [1.82, 2.24) is 14.5 Å². The Morgan fingerprint density at radius 3 is 1.83 bits per heavy atom. The molecular weight excluding hydrogens is 715 g/mol. The number of hydrogen-bond acceptors (Lipinski definition) is 2. The smallest absolute Gasteiger partial charge is 0.160 e. The molecule has 59 heavy (non-hydrogen) atoms. The summed E-state index contributed by atoms with van der Waals surface area (Å²) < 4.78 is 2.41. The highest BCUT2D eigenvalue weighted by atomic mass is 15.0. The van der Waals surface area contributed by atoms with Crippen LogP contribution < -0.4 is 0 Å². The maximum absolute atomic E-state index is 5.36. The van der Waals surface area contributed by atoms with Gasteiger partial charge in [0.05, 0.1) is 22.2 Å². The number of benzene rings is 10. The molecule has 12 rings (SSSR count). The van der Waals surface area contributed by atoms with Gasteiger partial charge in [-0.2, -0.15) is 0 Å². The second kappa shape index (κ2) is 13.4. The van der Waals surface area contributed by atoms with Gasteiger partial charge in [0.2, 0.25) is 0 Å². The summed E-state index contributed by atoms with van der Waals surface area (Å²) in [5.41, 5.74) is 12.1. The fraction of sp³-hybridized carbons (Fsp3) is 0. The highest BCUT2D eigenvalue weighted by Crippen LogP contribution is 2.41. The van der Waals surface area contributed by atoms with Crippen LogP contribution in [0, 0.1) is 0 Å². The Morgan fingerprint density at radius 2 is 0.966 bits per heavy atom. The Labute approximate surface area is 341 Å². The molecule has 0 saturated heterocycles. The van der Waals surface area contributed by atoms with Crippen molar-refractivity contribution in [3.8, 4) is 50.6 Å². The molecule has 3 nitrogen and oxygen atoms in total. The second-order valence-electron chi connectivity index (χ2n) is 15.4. The average molecular weight is 750 g/mol. The van der Waals surface area contributed by atoms with Crippen LogP contribution in [-0.2, 0) is 0 Å². The maximum atomic E-state index is 5.36. The topological polar surface area (TPSA) is 30.7 Å². The first kappa shape index (κ1) is 33.3. The molecule has 2 aromatic heterocycles. The van der Waals surface area contributed by atoms with Gasteiger partial charge in [0.1, 0.15) is 0 Å². The molecule has 12 aromatic rings. The minimum atomic E-state index is 0.699. The summed E-state index contributed by atoms with van der Waals surface area (Å²) in [7, 11) is 0. The second-order valence-corrected chi connectivity index (χ2v) is 15.4. The normalized spacial score (nSPS) is 11.7. The molecule has 0 amide bonds. The summed E-state index contributed by atoms with van der Waals surface area (Å²) in [6.45, 7) is 0. The predicted octanol–water partition coefficient (Wildman–Crippen LogP) is 14.9. The van der Waals surface area contributed by atoms with Gasteiger partial charge in [-0.05, 0) is 97.0 Å². The highest BCUT2D eigenvalue weighted by molar-refractivity contribution is 6.19. The van der Waals surface area contributed by atoms with Gasteiger partial charge >= 0.3 is 0 Å². The van der Waals surface area contributed by atoms with Crippen molar-refractivity contribution in [2.24, 2.45) is 0 Å². The van der Waals surface area contributed by atoms with Crippen LogP contribution in [0.25, 0.3) is 116 Å². The summed E-state index contributed by atoms with van der Waals surface area (Å²) in [4.78, 5) is 10.5. The van der Waals surface area contributed by atoms with E-state index in [2.05, 4.69) is 217 Å². The average Bonchev–Trinajstić information content (AvgIpc) is 3.63. The molecular formula is C56H35N3. The standard InChI is InChI=1S/C56H35N3/c1-2-12-36(13-3-1)37-24-26-39(27-25-37)48-21-11-23-52-54(48)50-34-40-15-4-5-16-41(40)35-53(50)59(52)45-18-10-17-44(33-45)56-57-51-22-9-8-20-49(51)55(58-56)43-30-31-47-42(32-43)29-28-38-14-6-7-19-46(38)47/h1-35H. The number of para-hydroxylation sites is 1. The molecule has 10 aromatic carbocycles. The minimum Gasteiger partial charge on any atom is -0.309 e. The zero-order valence-corrected chi connectivity index (χ0v) is 32.0. The van der Waals surface area contributed by atoms with Gasteiger partial charge in [-0.1, -0.05) is 170 Å². The maximum Gasteiger partial charge on any atom is 0.160 e. The Balaban J connectivity index is 1.04. The van der Waals surface area contributed by atoms with E-state index in [9.17, 15) is 0 Å². The van der Waals surface area contributed by atoms with Crippen LogP contribution in [0.3, 0.4) is 0 Å². The van der Waals surface area contributed by atoms with Gasteiger partial charge in [-0.25, -0.2) is 9.97 Å². The molecule has 274 valence electrons. The molecule has 0 radical (unpaired) electrons. The molecule has 0 spiro atoms. The Hall–Kier alpha value is -7.88. The lowest BCUT2D eigenvalue weighted by Gasteiger charge is -2.13. The van der Waals surface area contributed by atoms with Gasteiger partial charge in [0.15, 0.2) is 5.82 Å². The molecule has 0 unspecified atom stereocenters. The minimum absolute atomic E-state index is 0.699. The summed E-state index contributed by atoms with van der Waals surface area (Å²) in [6, 6.07) is 76.4. The summed E-state index contributed by atoms with van der Waals surface area (Å²) >= 11 is 0. The Kier molecular flexibility index (Phi) is 7.54. The van der Waals surface area contributed by atoms with Crippen LogP contribution in [0.1, 0.15) is 0 Å². The van der Waals surface area contributed by atoms with Crippen molar-refractivity contribution in [2.75, 3.05) is 0 Å². The number of rotatable bonds is 5. The fourth-order valence-electron chi connectivity index (χ4n) is 9.11. The highest BCUT2D eigenvalue weighted by Gasteiger charge is 2.19. The van der Waals surface area contributed by atoms with Crippen LogP contribution in [0.15, 0.2) is 212 Å². The first-order chi connectivity index (χ1) is 29.2. The SMILES string of the molecule is c1ccc(-c2ccc(-c3cccc4c3c3cc5ccccc5cc3n4-c3cccc(-c4nc(-c5ccc6c(ccc7ccccc76)c5)c5ccccc5n4)c3)cc2)cc1. The summed E-state index contributed by atoms with van der Waals surface area (Å²) in [5.74, 6) is 0.699. The lowest BCUT2D eigenvalue weighted by Crippen LogP contribution is -1.98. The van der Waals surface area contributed by atoms with Crippen LogP contribution in [0.2, 0.25) is 0 Å². The number of nitrogens with zero attached hydrogens (tertiary/aromatic N) is 3. The molecule has 0 aliphatic heterocycles. The van der Waals surface area contributed by atoms with Crippen LogP contribution in [0.5, 0.6) is 0 Å². The van der Waals surface area contributed by atoms with Gasteiger partial charge in [-0.15, -0.1) is 0 Å². The van der Waals surface area contributed by atoms with E-state index in [1.54, 1.807) is 0 Å². The Morgan fingerprint density at radius 1 is 0.322 bits per heavy atom. The van der Waals surface area contributed by atoms with E-state index in [0.717, 1.165) is 44.4 Å². The fourth-order valence-corrected chi connectivity index (χ4v) is 9.11. The lowest BCUT2D eigenvalue weighted by molar-refractivity contribution is 1.17. The van der Waals surface area contributed by atoms with Gasteiger partial charge in [0.25, 0.3) is 0 Å². The molecule has 3 heteroatoms. The third-order valence-electron chi connectivity index (χ3n) is 11.9. The van der Waals surface area contributed by atoms with E-state index >= 15 is 0 Å². The third-order valence-corrected chi connectivity index (χ3v) is 11.9. The first-order valence-corrected chi connectivity index (χ1v) is 20.1. The van der Waals surface area contributed by atoms with E-state index in [4.69, 9.17) is 9.97 Å². The van der Waals surface area contributed by atoms with Gasteiger partial charge < -0.3 is 4.57 Å². The zero-order chi connectivity index (χ0) is 38.9. The zero-order valence-electron chi connectivity index (χ0n) is 32.0. The quantitative estimate of drug-likeness (QED) is 0.164. The van der Waals surface area contributed by atoms with Crippen molar-refractivity contribution < 1.29 is 0 Å². The molecule has 0 bridgehead atoms. The van der Waals surface area contributed by atoms with Gasteiger partial charge in [0, 0.05) is 33.0 Å². The summed E-state index contributed by atoms with van der Waals surface area (Å²) in [6.07, 6.45) is 0. The van der Waals surface area contributed by atoms with Crippen LogP contribution >= 0.6 is 0 Å². The van der Waals surface area contributed by atoms with Crippen molar-refractivity contribution >= 4 is 65.0 Å². The number of fused-ring (bicyclic) bond motifs is 8. The van der Waals surface area contributed by atoms with Crippen molar-refractivity contribution in [3.63, 3.8) is 0 Å². The van der Waals surface area contributed by atoms with Crippen molar-refractivity contribution in [2.45, 2.75) is 0 Å². The molecule has 2 heterocycles. The van der Waals surface area contributed by atoms with E-state index in [-0.39, 0.29) is 0 Å². The largest absolute Gasteiger partial charge is 0.309 e. The monoisotopic (exact) mass is 749 g/mol. The van der Waals surface area contributed by atoms with Crippen molar-refractivity contribution in [1.29, 1.82) is 0 Å². The molecule has 0 aliphatic rings.